The highest BCUT2D eigenvalue weighted by molar-refractivity contribution is 5.88. The molecule has 0 spiro atoms. The van der Waals surface area contributed by atoms with Crippen molar-refractivity contribution >= 4 is 22.2 Å². The maximum absolute atomic E-state index is 4.92. The largest absolute Gasteiger partial charge is 0.319 e. The lowest BCUT2D eigenvalue weighted by atomic mass is 10.1. The molecule has 5 rings (SSSR count). The Balaban J connectivity index is 1.78. The molecule has 3 heteroatoms. The molecular weight excluding hydrogens is 318 g/mol. The van der Waals surface area contributed by atoms with Crippen LogP contribution < -0.4 is 0 Å². The molecule has 0 saturated carbocycles. The molecule has 0 radical (unpaired) electrons. The molecule has 2 aromatic heterocycles. The van der Waals surface area contributed by atoms with Crippen LogP contribution in [0.15, 0.2) is 91.0 Å². The molecule has 3 aromatic carbocycles. The van der Waals surface area contributed by atoms with Gasteiger partial charge in [0.15, 0.2) is 5.65 Å². The SMILES string of the molecule is c1ccc(Cn2c(-c3ccccc3)cc3nc4ccccc4nc32)cc1. The maximum atomic E-state index is 4.92. The summed E-state index contributed by atoms with van der Waals surface area (Å²) in [6, 6.07) is 31.1. The highest BCUT2D eigenvalue weighted by Crippen LogP contribution is 2.28. The molecule has 26 heavy (non-hydrogen) atoms. The smallest absolute Gasteiger partial charge is 0.160 e. The minimum Gasteiger partial charge on any atom is -0.319 e. The van der Waals surface area contributed by atoms with Gasteiger partial charge in [-0.05, 0) is 29.3 Å². The highest BCUT2D eigenvalue weighted by Gasteiger charge is 2.14. The topological polar surface area (TPSA) is 30.7 Å². The lowest BCUT2D eigenvalue weighted by Crippen LogP contribution is -2.03. The summed E-state index contributed by atoms with van der Waals surface area (Å²) < 4.78 is 2.26. The second kappa shape index (κ2) is 6.12. The Kier molecular flexibility index (Phi) is 3.49. The van der Waals surface area contributed by atoms with E-state index in [2.05, 4.69) is 59.2 Å². The number of hydrogen-bond donors (Lipinski definition) is 0. The van der Waals surface area contributed by atoms with E-state index in [4.69, 9.17) is 9.97 Å². The highest BCUT2D eigenvalue weighted by atomic mass is 15.1. The van der Waals surface area contributed by atoms with Crippen LogP contribution in [0.1, 0.15) is 5.56 Å². The molecule has 0 aliphatic carbocycles. The molecule has 0 unspecified atom stereocenters. The molecule has 0 bridgehead atoms. The van der Waals surface area contributed by atoms with Gasteiger partial charge in [0.25, 0.3) is 0 Å². The molecule has 0 atom stereocenters. The average Bonchev–Trinajstić information content (AvgIpc) is 3.05. The maximum Gasteiger partial charge on any atom is 0.160 e. The predicted octanol–water partition coefficient (Wildman–Crippen LogP) is 5.30. The van der Waals surface area contributed by atoms with E-state index in [-0.39, 0.29) is 0 Å². The van der Waals surface area contributed by atoms with Gasteiger partial charge in [0.05, 0.1) is 16.7 Å². The summed E-state index contributed by atoms with van der Waals surface area (Å²) in [5.41, 5.74) is 7.26. The van der Waals surface area contributed by atoms with Crippen LogP contribution in [0.25, 0.3) is 33.5 Å². The molecule has 3 nitrogen and oxygen atoms in total. The Morgan fingerprint density at radius 2 is 1.23 bits per heavy atom. The fourth-order valence-corrected chi connectivity index (χ4v) is 3.40. The summed E-state index contributed by atoms with van der Waals surface area (Å²) in [4.78, 5) is 9.76. The third-order valence-corrected chi connectivity index (χ3v) is 4.65. The van der Waals surface area contributed by atoms with Crippen LogP contribution >= 0.6 is 0 Å². The van der Waals surface area contributed by atoms with E-state index in [1.165, 1.54) is 11.1 Å². The van der Waals surface area contributed by atoms with E-state index in [0.29, 0.717) is 0 Å². The monoisotopic (exact) mass is 335 g/mol. The fraction of sp³-hybridized carbons (Fsp3) is 0.0435. The molecular formula is C23H17N3. The van der Waals surface area contributed by atoms with Gasteiger partial charge >= 0.3 is 0 Å². The van der Waals surface area contributed by atoms with Crippen LogP contribution in [-0.4, -0.2) is 14.5 Å². The van der Waals surface area contributed by atoms with Gasteiger partial charge in [-0.15, -0.1) is 0 Å². The minimum atomic E-state index is 0.765. The summed E-state index contributed by atoms with van der Waals surface area (Å²) in [5.74, 6) is 0. The third kappa shape index (κ3) is 2.54. The van der Waals surface area contributed by atoms with Crippen LogP contribution in [0, 0.1) is 0 Å². The van der Waals surface area contributed by atoms with E-state index in [9.17, 15) is 0 Å². The van der Waals surface area contributed by atoms with Crippen molar-refractivity contribution in [1.82, 2.24) is 14.5 Å². The molecule has 0 fully saturated rings. The van der Waals surface area contributed by atoms with Crippen molar-refractivity contribution in [2.45, 2.75) is 6.54 Å². The van der Waals surface area contributed by atoms with Gasteiger partial charge in [0.1, 0.15) is 5.52 Å². The quantitative estimate of drug-likeness (QED) is 0.448. The van der Waals surface area contributed by atoms with Crippen LogP contribution in [-0.2, 0) is 6.54 Å². The van der Waals surface area contributed by atoms with Crippen molar-refractivity contribution in [3.63, 3.8) is 0 Å². The second-order valence-electron chi connectivity index (χ2n) is 6.39. The van der Waals surface area contributed by atoms with Gasteiger partial charge < -0.3 is 4.57 Å². The van der Waals surface area contributed by atoms with E-state index in [1.54, 1.807) is 0 Å². The van der Waals surface area contributed by atoms with Gasteiger partial charge in [-0.2, -0.15) is 0 Å². The predicted molar refractivity (Wildman–Crippen MR) is 106 cm³/mol. The Bertz CT molecular complexity index is 1190. The number of aromatic nitrogens is 3. The summed E-state index contributed by atoms with van der Waals surface area (Å²) >= 11 is 0. The standard InChI is InChI=1S/C23H17N3/c1-3-9-17(10-4-1)16-26-22(18-11-5-2-6-12-18)15-21-23(26)25-20-14-8-7-13-19(20)24-21/h1-15H,16H2. The summed E-state index contributed by atoms with van der Waals surface area (Å²) in [6.07, 6.45) is 0. The molecule has 2 heterocycles. The zero-order valence-electron chi connectivity index (χ0n) is 14.2. The van der Waals surface area contributed by atoms with E-state index in [1.807, 2.05) is 36.4 Å². The van der Waals surface area contributed by atoms with Crippen LogP contribution in [0.3, 0.4) is 0 Å². The zero-order chi connectivity index (χ0) is 17.3. The molecule has 0 aliphatic heterocycles. The average molecular weight is 335 g/mol. The molecule has 0 aliphatic rings. The lowest BCUT2D eigenvalue weighted by Gasteiger charge is -2.11. The second-order valence-corrected chi connectivity index (χ2v) is 6.39. The Morgan fingerprint density at radius 1 is 0.615 bits per heavy atom. The normalized spacial score (nSPS) is 11.2. The lowest BCUT2D eigenvalue weighted by molar-refractivity contribution is 0.834. The van der Waals surface area contributed by atoms with Gasteiger partial charge in [0, 0.05) is 6.54 Å². The Morgan fingerprint density at radius 3 is 1.96 bits per heavy atom. The Hall–Kier alpha value is -3.46. The number of hydrogen-bond acceptors (Lipinski definition) is 2. The van der Waals surface area contributed by atoms with Gasteiger partial charge in [-0.1, -0.05) is 72.8 Å². The fourth-order valence-electron chi connectivity index (χ4n) is 3.40. The first kappa shape index (κ1) is 14.8. The zero-order valence-corrected chi connectivity index (χ0v) is 14.2. The minimum absolute atomic E-state index is 0.765. The molecule has 5 aromatic rings. The van der Waals surface area contributed by atoms with Crippen molar-refractivity contribution in [3.8, 4) is 11.3 Å². The first-order chi connectivity index (χ1) is 12.9. The van der Waals surface area contributed by atoms with Crippen molar-refractivity contribution < 1.29 is 0 Å². The molecule has 0 N–H and O–H groups in total. The third-order valence-electron chi connectivity index (χ3n) is 4.65. The van der Waals surface area contributed by atoms with E-state index >= 15 is 0 Å². The summed E-state index contributed by atoms with van der Waals surface area (Å²) in [6.45, 7) is 0.765. The molecule has 0 amide bonds. The summed E-state index contributed by atoms with van der Waals surface area (Å²) in [7, 11) is 0. The van der Waals surface area contributed by atoms with Gasteiger partial charge in [0.2, 0.25) is 0 Å². The van der Waals surface area contributed by atoms with Gasteiger partial charge in [-0.3, -0.25) is 0 Å². The van der Waals surface area contributed by atoms with Crippen molar-refractivity contribution in [2.24, 2.45) is 0 Å². The van der Waals surface area contributed by atoms with Crippen LogP contribution in [0.5, 0.6) is 0 Å². The number of para-hydroxylation sites is 2. The van der Waals surface area contributed by atoms with Gasteiger partial charge in [-0.25, -0.2) is 9.97 Å². The number of fused-ring (bicyclic) bond motifs is 2. The van der Waals surface area contributed by atoms with E-state index < -0.39 is 0 Å². The van der Waals surface area contributed by atoms with Crippen molar-refractivity contribution in [1.29, 1.82) is 0 Å². The molecule has 124 valence electrons. The Labute approximate surface area is 151 Å². The van der Waals surface area contributed by atoms with Crippen LogP contribution in [0.2, 0.25) is 0 Å². The first-order valence-corrected chi connectivity index (χ1v) is 8.74. The number of rotatable bonds is 3. The number of nitrogens with zero attached hydrogens (tertiary/aromatic N) is 3. The van der Waals surface area contributed by atoms with Crippen molar-refractivity contribution in [3.05, 3.63) is 96.6 Å². The van der Waals surface area contributed by atoms with Crippen molar-refractivity contribution in [2.75, 3.05) is 0 Å². The summed E-state index contributed by atoms with van der Waals surface area (Å²) in [5, 5.41) is 0. The molecule has 0 saturated heterocycles. The first-order valence-electron chi connectivity index (χ1n) is 8.74. The number of benzene rings is 3. The van der Waals surface area contributed by atoms with E-state index in [0.717, 1.165) is 34.4 Å². The van der Waals surface area contributed by atoms with Crippen LogP contribution in [0.4, 0.5) is 0 Å².